The number of carbonyl (C=O) groups is 1. The highest BCUT2D eigenvalue weighted by Gasteiger charge is 2.20. The van der Waals surface area contributed by atoms with Crippen LogP contribution in [0.5, 0.6) is 0 Å². The van der Waals surface area contributed by atoms with Gasteiger partial charge in [-0.15, -0.1) is 0 Å². The van der Waals surface area contributed by atoms with Crippen LogP contribution in [0.2, 0.25) is 0 Å². The quantitative estimate of drug-likeness (QED) is 0.880. The van der Waals surface area contributed by atoms with Gasteiger partial charge in [0.2, 0.25) is 0 Å². The molecule has 2 aromatic heterocycles. The Morgan fingerprint density at radius 2 is 2.30 bits per heavy atom. The number of amides is 1. The van der Waals surface area contributed by atoms with Crippen LogP contribution in [0.1, 0.15) is 32.4 Å². The number of rotatable bonds is 3. The van der Waals surface area contributed by atoms with Crippen molar-refractivity contribution in [2.24, 2.45) is 5.73 Å². The summed E-state index contributed by atoms with van der Waals surface area (Å²) in [6.45, 7) is 5.66. The molecule has 7 nitrogen and oxygen atoms in total. The van der Waals surface area contributed by atoms with Gasteiger partial charge in [0.1, 0.15) is 5.60 Å². The van der Waals surface area contributed by atoms with Crippen LogP contribution in [0.4, 0.5) is 4.79 Å². The van der Waals surface area contributed by atoms with Crippen LogP contribution >= 0.6 is 0 Å². The predicted molar refractivity (Wildman–Crippen MR) is 74.2 cm³/mol. The molecular weight excluding hydrogens is 258 g/mol. The van der Waals surface area contributed by atoms with Gasteiger partial charge < -0.3 is 15.8 Å². The van der Waals surface area contributed by atoms with Crippen LogP contribution < -0.4 is 11.1 Å². The van der Waals surface area contributed by atoms with Crippen LogP contribution in [0.25, 0.3) is 5.65 Å². The molecule has 108 valence electrons. The average molecular weight is 277 g/mol. The molecule has 1 atom stereocenters. The smallest absolute Gasteiger partial charge is 0.408 e. The van der Waals surface area contributed by atoms with Crippen molar-refractivity contribution >= 4 is 11.7 Å². The van der Waals surface area contributed by atoms with Crippen LogP contribution in [-0.2, 0) is 4.74 Å². The summed E-state index contributed by atoms with van der Waals surface area (Å²) in [5.74, 6) is 0. The van der Waals surface area contributed by atoms with Gasteiger partial charge in [-0.05, 0) is 20.8 Å². The molecule has 7 heteroatoms. The van der Waals surface area contributed by atoms with Crippen molar-refractivity contribution in [3.63, 3.8) is 0 Å². The molecule has 0 fully saturated rings. The third kappa shape index (κ3) is 3.45. The molecular formula is C13H19N5O2. The van der Waals surface area contributed by atoms with Gasteiger partial charge in [-0.25, -0.2) is 14.3 Å². The number of alkyl carbamates (subject to hydrolysis) is 1. The van der Waals surface area contributed by atoms with Crippen molar-refractivity contribution < 1.29 is 9.53 Å². The Labute approximate surface area is 117 Å². The lowest BCUT2D eigenvalue weighted by Gasteiger charge is -2.23. The van der Waals surface area contributed by atoms with E-state index in [0.717, 1.165) is 11.2 Å². The highest BCUT2D eigenvalue weighted by molar-refractivity contribution is 5.68. The number of nitrogens with one attached hydrogen (secondary N) is 1. The van der Waals surface area contributed by atoms with Crippen molar-refractivity contribution in [1.29, 1.82) is 0 Å². The Balaban J connectivity index is 2.13. The lowest BCUT2D eigenvalue weighted by atomic mass is 10.1. The molecule has 3 N–H and O–H groups in total. The van der Waals surface area contributed by atoms with Crippen molar-refractivity contribution in [2.45, 2.75) is 32.4 Å². The third-order valence-electron chi connectivity index (χ3n) is 2.60. The van der Waals surface area contributed by atoms with E-state index in [1.165, 1.54) is 0 Å². The minimum absolute atomic E-state index is 0.244. The highest BCUT2D eigenvalue weighted by Crippen LogP contribution is 2.13. The van der Waals surface area contributed by atoms with Crippen LogP contribution in [0.15, 0.2) is 24.7 Å². The fourth-order valence-electron chi connectivity index (χ4n) is 1.73. The zero-order valence-electron chi connectivity index (χ0n) is 11.8. The summed E-state index contributed by atoms with van der Waals surface area (Å²) in [5.41, 5.74) is 6.67. The first kappa shape index (κ1) is 14.3. The zero-order valence-corrected chi connectivity index (χ0v) is 11.8. The molecule has 0 bridgehead atoms. The lowest BCUT2D eigenvalue weighted by Crippen LogP contribution is -2.37. The second-order valence-electron chi connectivity index (χ2n) is 5.46. The predicted octanol–water partition coefficient (Wildman–Crippen LogP) is 1.25. The molecule has 0 aromatic carbocycles. The summed E-state index contributed by atoms with van der Waals surface area (Å²) in [4.78, 5) is 16.0. The zero-order chi connectivity index (χ0) is 14.8. The number of fused-ring (bicyclic) bond motifs is 1. The van der Waals surface area contributed by atoms with E-state index in [1.54, 1.807) is 49.9 Å². The monoisotopic (exact) mass is 277 g/mol. The Hall–Kier alpha value is -2.15. The Kier molecular flexibility index (Phi) is 3.89. The molecule has 0 aliphatic rings. The van der Waals surface area contributed by atoms with Crippen molar-refractivity contribution in [3.8, 4) is 0 Å². The highest BCUT2D eigenvalue weighted by atomic mass is 16.6. The maximum absolute atomic E-state index is 11.8. The van der Waals surface area contributed by atoms with E-state index < -0.39 is 11.7 Å². The second-order valence-corrected chi connectivity index (χ2v) is 5.46. The SMILES string of the molecule is CC(C)(C)OC(=O)NC(CN)c1cnc2ccnn2c1. The number of nitrogens with zero attached hydrogens (tertiary/aromatic N) is 3. The standard InChI is InChI=1S/C13H19N5O2/c1-13(2,3)20-12(19)17-10(6-14)9-7-15-11-4-5-16-18(11)8-9/h4-5,7-8,10H,6,14H2,1-3H3,(H,17,19). The van der Waals surface area contributed by atoms with Gasteiger partial charge in [-0.2, -0.15) is 5.10 Å². The summed E-state index contributed by atoms with van der Waals surface area (Å²) < 4.78 is 6.85. The molecule has 2 heterocycles. The fraction of sp³-hybridized carbons (Fsp3) is 0.462. The first-order valence-corrected chi connectivity index (χ1v) is 6.38. The summed E-state index contributed by atoms with van der Waals surface area (Å²) >= 11 is 0. The number of carbonyl (C=O) groups excluding carboxylic acids is 1. The number of aromatic nitrogens is 3. The van der Waals surface area contributed by atoms with Crippen molar-refractivity contribution in [3.05, 3.63) is 30.2 Å². The Morgan fingerprint density at radius 1 is 1.55 bits per heavy atom. The number of hydrogen-bond acceptors (Lipinski definition) is 5. The summed E-state index contributed by atoms with van der Waals surface area (Å²) in [6, 6.07) is 1.42. The second kappa shape index (κ2) is 5.46. The van der Waals surface area contributed by atoms with E-state index in [4.69, 9.17) is 10.5 Å². The molecule has 0 saturated carbocycles. The molecule has 0 aliphatic carbocycles. The molecule has 20 heavy (non-hydrogen) atoms. The third-order valence-corrected chi connectivity index (χ3v) is 2.60. The van der Waals surface area contributed by atoms with Gasteiger partial charge in [0.15, 0.2) is 5.65 Å². The minimum Gasteiger partial charge on any atom is -0.444 e. The topological polar surface area (TPSA) is 94.5 Å². The van der Waals surface area contributed by atoms with Crippen LogP contribution in [-0.4, -0.2) is 32.8 Å². The maximum atomic E-state index is 11.8. The maximum Gasteiger partial charge on any atom is 0.408 e. The summed E-state index contributed by atoms with van der Waals surface area (Å²) in [7, 11) is 0. The Morgan fingerprint density at radius 3 is 2.95 bits per heavy atom. The lowest BCUT2D eigenvalue weighted by molar-refractivity contribution is 0.0505. The van der Waals surface area contributed by atoms with Gasteiger partial charge in [-0.3, -0.25) is 0 Å². The molecule has 0 saturated heterocycles. The first-order valence-electron chi connectivity index (χ1n) is 6.38. The van der Waals surface area contributed by atoms with E-state index in [0.29, 0.717) is 0 Å². The van der Waals surface area contributed by atoms with E-state index in [9.17, 15) is 4.79 Å². The van der Waals surface area contributed by atoms with Gasteiger partial charge in [-0.1, -0.05) is 0 Å². The molecule has 1 amide bonds. The van der Waals surface area contributed by atoms with Gasteiger partial charge in [0, 0.05) is 30.6 Å². The number of ether oxygens (including phenoxy) is 1. The van der Waals surface area contributed by atoms with E-state index >= 15 is 0 Å². The number of nitrogens with two attached hydrogens (primary N) is 1. The molecule has 0 radical (unpaired) electrons. The van der Waals surface area contributed by atoms with E-state index in [-0.39, 0.29) is 12.6 Å². The molecule has 0 aliphatic heterocycles. The van der Waals surface area contributed by atoms with Crippen molar-refractivity contribution in [2.75, 3.05) is 6.54 Å². The van der Waals surface area contributed by atoms with Crippen LogP contribution in [0.3, 0.4) is 0 Å². The first-order chi connectivity index (χ1) is 9.39. The molecule has 1 unspecified atom stereocenters. The average Bonchev–Trinajstić information content (AvgIpc) is 2.80. The summed E-state index contributed by atoms with van der Waals surface area (Å²) in [5, 5.41) is 6.83. The van der Waals surface area contributed by atoms with Gasteiger partial charge in [0.25, 0.3) is 0 Å². The van der Waals surface area contributed by atoms with Gasteiger partial charge >= 0.3 is 6.09 Å². The fourth-order valence-corrected chi connectivity index (χ4v) is 1.73. The Bertz CT molecular complexity index is 602. The number of hydrogen-bond donors (Lipinski definition) is 2. The largest absolute Gasteiger partial charge is 0.444 e. The van der Waals surface area contributed by atoms with Gasteiger partial charge in [0.05, 0.1) is 12.2 Å². The van der Waals surface area contributed by atoms with E-state index in [1.807, 2.05) is 0 Å². The van der Waals surface area contributed by atoms with E-state index in [2.05, 4.69) is 15.4 Å². The van der Waals surface area contributed by atoms with Crippen molar-refractivity contribution in [1.82, 2.24) is 19.9 Å². The molecule has 2 rings (SSSR count). The van der Waals surface area contributed by atoms with Crippen LogP contribution in [0, 0.1) is 0 Å². The molecule has 0 spiro atoms. The molecule has 2 aromatic rings. The summed E-state index contributed by atoms with van der Waals surface area (Å²) in [6.07, 6.45) is 4.61. The minimum atomic E-state index is -0.548. The normalized spacial score (nSPS) is 13.2.